The highest BCUT2D eigenvalue weighted by Crippen LogP contribution is 2.29. The van der Waals surface area contributed by atoms with Gasteiger partial charge in [-0.3, -0.25) is 19.2 Å². The average molecular weight is 535 g/mol. The number of nitrogens with two attached hydrogens (primary N) is 1. The molecule has 212 valence electrons. The fraction of sp³-hybridized carbons (Fsp3) is 0.593. The minimum Gasteiger partial charge on any atom is -0.466 e. The molecule has 1 aromatic rings. The third-order valence-corrected chi connectivity index (χ3v) is 5.61. The fourth-order valence-electron chi connectivity index (χ4n) is 3.82. The lowest BCUT2D eigenvalue weighted by Crippen LogP contribution is -2.56. The molecule has 1 rings (SSSR count). The number of carbonyl (C=O) groups excluding carboxylic acids is 5. The van der Waals surface area contributed by atoms with Crippen molar-refractivity contribution in [1.82, 2.24) is 15.5 Å². The van der Waals surface area contributed by atoms with E-state index in [4.69, 9.17) is 15.2 Å². The van der Waals surface area contributed by atoms with Gasteiger partial charge in [0.2, 0.25) is 17.7 Å². The van der Waals surface area contributed by atoms with Gasteiger partial charge in [-0.1, -0.05) is 18.2 Å². The zero-order valence-electron chi connectivity index (χ0n) is 23.7. The first-order chi connectivity index (χ1) is 17.6. The smallest absolute Gasteiger partial charge is 0.408 e. The van der Waals surface area contributed by atoms with Crippen LogP contribution >= 0.6 is 0 Å². The number of ether oxygens (including phenoxy) is 2. The largest absolute Gasteiger partial charge is 0.466 e. The molecule has 0 aliphatic rings. The molecule has 38 heavy (non-hydrogen) atoms. The van der Waals surface area contributed by atoms with Crippen molar-refractivity contribution < 1.29 is 33.4 Å². The van der Waals surface area contributed by atoms with Crippen molar-refractivity contribution in [2.24, 2.45) is 5.73 Å². The van der Waals surface area contributed by atoms with Crippen LogP contribution in [0.1, 0.15) is 77.1 Å². The third-order valence-electron chi connectivity index (χ3n) is 5.61. The number of amides is 4. The van der Waals surface area contributed by atoms with E-state index in [0.717, 1.165) is 11.1 Å². The number of esters is 1. The van der Waals surface area contributed by atoms with Gasteiger partial charge in [0, 0.05) is 12.6 Å². The molecule has 0 fully saturated rings. The molecule has 2 atom stereocenters. The van der Waals surface area contributed by atoms with Crippen molar-refractivity contribution in [2.45, 2.75) is 92.0 Å². The van der Waals surface area contributed by atoms with E-state index in [0.29, 0.717) is 5.56 Å². The van der Waals surface area contributed by atoms with Crippen LogP contribution in [0.4, 0.5) is 4.79 Å². The molecule has 0 bridgehead atoms. The first-order valence-electron chi connectivity index (χ1n) is 12.7. The Balaban J connectivity index is 3.47. The Kier molecular flexibility index (Phi) is 12.2. The summed E-state index contributed by atoms with van der Waals surface area (Å²) in [5.41, 5.74) is 6.82. The molecule has 4 amide bonds. The van der Waals surface area contributed by atoms with Crippen LogP contribution < -0.4 is 16.4 Å². The summed E-state index contributed by atoms with van der Waals surface area (Å²) in [7, 11) is 0. The quantitative estimate of drug-likeness (QED) is 0.348. The number of primary amides is 1. The van der Waals surface area contributed by atoms with E-state index in [9.17, 15) is 24.0 Å². The van der Waals surface area contributed by atoms with Gasteiger partial charge in [0.05, 0.1) is 19.4 Å². The highest BCUT2D eigenvalue weighted by molar-refractivity contribution is 5.95. The number of rotatable bonds is 12. The van der Waals surface area contributed by atoms with Crippen molar-refractivity contribution in [3.63, 3.8) is 0 Å². The summed E-state index contributed by atoms with van der Waals surface area (Å²) in [6, 6.07) is 2.38. The van der Waals surface area contributed by atoms with E-state index in [1.807, 2.05) is 19.9 Å². The van der Waals surface area contributed by atoms with Crippen LogP contribution in [0, 0.1) is 13.8 Å². The van der Waals surface area contributed by atoms with Gasteiger partial charge >= 0.3 is 12.1 Å². The maximum Gasteiger partial charge on any atom is 0.408 e. The molecular formula is C27H42N4O7. The number of nitrogens with zero attached hydrogens (tertiary/aromatic N) is 1. The third kappa shape index (κ3) is 10.0. The van der Waals surface area contributed by atoms with Crippen LogP contribution in [-0.2, 0) is 28.7 Å². The Bertz CT molecular complexity index is 1020. The summed E-state index contributed by atoms with van der Waals surface area (Å²) in [5, 5.41) is 5.16. The highest BCUT2D eigenvalue weighted by atomic mass is 16.6. The summed E-state index contributed by atoms with van der Waals surface area (Å²) >= 11 is 0. The van der Waals surface area contributed by atoms with E-state index in [1.165, 1.54) is 4.90 Å². The van der Waals surface area contributed by atoms with Gasteiger partial charge in [-0.15, -0.1) is 0 Å². The Morgan fingerprint density at radius 1 is 1.08 bits per heavy atom. The van der Waals surface area contributed by atoms with E-state index in [-0.39, 0.29) is 19.6 Å². The monoisotopic (exact) mass is 534 g/mol. The van der Waals surface area contributed by atoms with Crippen molar-refractivity contribution in [1.29, 1.82) is 0 Å². The van der Waals surface area contributed by atoms with Crippen molar-refractivity contribution in [3.05, 3.63) is 34.9 Å². The lowest BCUT2D eigenvalue weighted by Gasteiger charge is -2.37. The van der Waals surface area contributed by atoms with E-state index < -0.39 is 59.9 Å². The Labute approximate surface area is 224 Å². The summed E-state index contributed by atoms with van der Waals surface area (Å²) in [6.07, 6.45) is -1.44. The summed E-state index contributed by atoms with van der Waals surface area (Å²) in [5.74, 6) is -2.49. The van der Waals surface area contributed by atoms with Crippen LogP contribution in [0.25, 0.3) is 0 Å². The highest BCUT2D eigenvalue weighted by Gasteiger charge is 2.39. The van der Waals surface area contributed by atoms with Crippen molar-refractivity contribution >= 4 is 29.8 Å². The number of hydrogen-bond donors (Lipinski definition) is 3. The molecular weight excluding hydrogens is 492 g/mol. The fourth-order valence-corrected chi connectivity index (χ4v) is 3.82. The second kappa shape index (κ2) is 14.3. The number of hydrogen-bond acceptors (Lipinski definition) is 7. The number of aryl methyl sites for hydroxylation is 1. The van der Waals surface area contributed by atoms with Gasteiger partial charge in [-0.05, 0) is 72.1 Å². The van der Waals surface area contributed by atoms with Gasteiger partial charge in [0.25, 0.3) is 0 Å². The average Bonchev–Trinajstić information content (AvgIpc) is 2.77. The molecule has 0 radical (unpaired) electrons. The molecule has 2 unspecified atom stereocenters. The second-order valence-corrected chi connectivity index (χ2v) is 10.2. The minimum atomic E-state index is -1.37. The van der Waals surface area contributed by atoms with Gasteiger partial charge in [-0.25, -0.2) is 4.79 Å². The topological polar surface area (TPSA) is 157 Å². The number of nitrogens with one attached hydrogen (secondary N) is 2. The molecule has 4 N–H and O–H groups in total. The maximum absolute atomic E-state index is 13.9. The van der Waals surface area contributed by atoms with Crippen LogP contribution in [0.2, 0.25) is 0 Å². The Morgan fingerprint density at radius 2 is 1.71 bits per heavy atom. The van der Waals surface area contributed by atoms with Gasteiger partial charge in [0.1, 0.15) is 17.7 Å². The summed E-state index contributed by atoms with van der Waals surface area (Å²) in [4.78, 5) is 64.9. The standard InChI is InChI=1S/C27H42N4O7/c1-9-37-22(33)13-14-29-24(34)23(19-12-10-11-17(4)18(19)5)31(16(2)3)25(35)20(15-21(28)32)30-26(36)38-27(6,7)8/h10-12,16,20,23H,9,13-15H2,1-8H3,(H2,28,32)(H,29,34)(H,30,36). The number of benzene rings is 1. The summed E-state index contributed by atoms with van der Waals surface area (Å²) in [6.45, 7) is 14.1. The first-order valence-corrected chi connectivity index (χ1v) is 12.7. The van der Waals surface area contributed by atoms with Crippen LogP contribution in [0.15, 0.2) is 18.2 Å². The molecule has 0 saturated heterocycles. The maximum atomic E-state index is 13.9. The Morgan fingerprint density at radius 3 is 2.24 bits per heavy atom. The van der Waals surface area contributed by atoms with E-state index in [2.05, 4.69) is 10.6 Å². The number of carbonyl (C=O) groups is 5. The van der Waals surface area contributed by atoms with Crippen molar-refractivity contribution in [3.8, 4) is 0 Å². The minimum absolute atomic E-state index is 0.0000286. The van der Waals surface area contributed by atoms with Crippen LogP contribution in [0.5, 0.6) is 0 Å². The SMILES string of the molecule is CCOC(=O)CCNC(=O)C(c1cccc(C)c1C)N(C(=O)C(CC(N)=O)NC(=O)OC(C)(C)C)C(C)C. The molecule has 0 aromatic heterocycles. The molecule has 0 heterocycles. The predicted molar refractivity (Wildman–Crippen MR) is 142 cm³/mol. The van der Waals surface area contributed by atoms with Gasteiger partial charge in [0.15, 0.2) is 0 Å². The molecule has 0 saturated carbocycles. The lowest BCUT2D eigenvalue weighted by molar-refractivity contribution is -0.146. The first kappa shape index (κ1) is 32.4. The normalized spacial score (nSPS) is 12.8. The van der Waals surface area contributed by atoms with Crippen LogP contribution in [0.3, 0.4) is 0 Å². The molecule has 0 spiro atoms. The summed E-state index contributed by atoms with van der Waals surface area (Å²) < 4.78 is 10.2. The molecule has 11 nitrogen and oxygen atoms in total. The van der Waals surface area contributed by atoms with E-state index in [1.54, 1.807) is 53.7 Å². The number of alkyl carbamates (subject to hydrolysis) is 1. The Hall–Kier alpha value is -3.63. The van der Waals surface area contributed by atoms with E-state index >= 15 is 0 Å². The van der Waals surface area contributed by atoms with Crippen LogP contribution in [-0.4, -0.2) is 65.5 Å². The lowest BCUT2D eigenvalue weighted by atomic mass is 9.94. The molecule has 11 heteroatoms. The van der Waals surface area contributed by atoms with Gasteiger partial charge < -0.3 is 30.7 Å². The second-order valence-electron chi connectivity index (χ2n) is 10.2. The zero-order chi connectivity index (χ0) is 29.2. The molecule has 0 aliphatic carbocycles. The predicted octanol–water partition coefficient (Wildman–Crippen LogP) is 2.42. The van der Waals surface area contributed by atoms with Gasteiger partial charge in [-0.2, -0.15) is 0 Å². The van der Waals surface area contributed by atoms with Crippen molar-refractivity contribution in [2.75, 3.05) is 13.2 Å². The molecule has 0 aliphatic heterocycles. The molecule has 1 aromatic carbocycles. The zero-order valence-corrected chi connectivity index (χ0v) is 23.7.